The zero-order valence-corrected chi connectivity index (χ0v) is 31.3. The van der Waals surface area contributed by atoms with Gasteiger partial charge in [0.15, 0.2) is 0 Å². The maximum atomic E-state index is 5.57. The summed E-state index contributed by atoms with van der Waals surface area (Å²) in [6, 6.07) is 34.4. The van der Waals surface area contributed by atoms with Gasteiger partial charge in [-0.05, 0) is 77.4 Å². The lowest BCUT2D eigenvalue weighted by Crippen LogP contribution is -2.50. The van der Waals surface area contributed by atoms with Gasteiger partial charge in [-0.3, -0.25) is 39.5 Å². The van der Waals surface area contributed by atoms with Crippen molar-refractivity contribution in [2.45, 2.75) is 58.4 Å². The monoisotopic (exact) mass is 712 g/mol. The van der Waals surface area contributed by atoms with Crippen molar-refractivity contribution in [2.75, 3.05) is 45.8 Å². The molecule has 0 amide bonds. The van der Waals surface area contributed by atoms with Crippen LogP contribution in [0, 0.1) is 0 Å². The van der Waals surface area contributed by atoms with E-state index in [2.05, 4.69) is 99.3 Å². The summed E-state index contributed by atoms with van der Waals surface area (Å²) in [4.78, 5) is 30.5. The van der Waals surface area contributed by atoms with E-state index in [4.69, 9.17) is 32.2 Å². The molecule has 5 heterocycles. The fourth-order valence-electron chi connectivity index (χ4n) is 6.89. The molecule has 52 heavy (non-hydrogen) atoms. The van der Waals surface area contributed by atoms with Gasteiger partial charge in [0.25, 0.3) is 0 Å². The minimum absolute atomic E-state index is 0.244. The maximum absolute atomic E-state index is 5.57. The van der Waals surface area contributed by atoms with Crippen LogP contribution in [0.25, 0.3) is 0 Å². The second-order valence-electron chi connectivity index (χ2n) is 13.8. The first-order chi connectivity index (χ1) is 25.6. The number of aromatic nitrogens is 4. The highest BCUT2D eigenvalue weighted by Crippen LogP contribution is 2.19. The molecule has 0 aliphatic carbocycles. The molecule has 0 spiro atoms. The third-order valence-corrected chi connectivity index (χ3v) is 10.3. The third kappa shape index (κ3) is 12.2. The lowest BCUT2D eigenvalue weighted by molar-refractivity contribution is 0.0841. The highest BCUT2D eigenvalue weighted by Gasteiger charge is 2.26. The molecule has 9 heteroatoms. The molecule has 0 N–H and O–H groups in total. The Bertz CT molecular complexity index is 1740. The van der Waals surface area contributed by atoms with Gasteiger partial charge in [0.1, 0.15) is 0 Å². The second kappa shape index (κ2) is 20.1. The number of pyridine rings is 4. The van der Waals surface area contributed by atoms with Crippen LogP contribution >= 0.6 is 12.2 Å². The summed E-state index contributed by atoms with van der Waals surface area (Å²) in [5.74, 6) is 0. The van der Waals surface area contributed by atoms with E-state index in [-0.39, 0.29) is 6.04 Å². The number of hydrogen-bond acceptors (Lipinski definition) is 9. The van der Waals surface area contributed by atoms with Crippen molar-refractivity contribution in [1.29, 1.82) is 0 Å². The van der Waals surface area contributed by atoms with Crippen LogP contribution in [0.15, 0.2) is 122 Å². The summed E-state index contributed by atoms with van der Waals surface area (Å²) in [6.45, 7) is 11.8. The van der Waals surface area contributed by atoms with Crippen molar-refractivity contribution < 1.29 is 0 Å². The van der Waals surface area contributed by atoms with E-state index >= 15 is 0 Å². The Labute approximate surface area is 315 Å². The molecule has 4 aromatic heterocycles. The van der Waals surface area contributed by atoms with Crippen molar-refractivity contribution in [3.05, 3.63) is 156 Å². The van der Waals surface area contributed by atoms with Gasteiger partial charge in [-0.1, -0.05) is 67.7 Å². The summed E-state index contributed by atoms with van der Waals surface area (Å²) in [5.41, 5.74) is 7.02. The van der Waals surface area contributed by atoms with Gasteiger partial charge in [-0.15, -0.1) is 0 Å². The zero-order chi connectivity index (χ0) is 35.8. The molecule has 8 nitrogen and oxygen atoms in total. The van der Waals surface area contributed by atoms with Crippen molar-refractivity contribution >= 4 is 17.1 Å². The lowest BCUT2D eigenvalue weighted by atomic mass is 10.00. The largest absolute Gasteiger partial charge is 0.295 e. The fourth-order valence-corrected chi connectivity index (χ4v) is 7.05. The average molecular weight is 713 g/mol. The summed E-state index contributed by atoms with van der Waals surface area (Å²) >= 11 is 5.57. The molecular formula is C43H52N8S. The quantitative estimate of drug-likeness (QED) is 0.127. The van der Waals surface area contributed by atoms with Gasteiger partial charge in [-0.25, -0.2) is 0 Å². The Morgan fingerprint density at radius 1 is 0.538 bits per heavy atom. The highest BCUT2D eigenvalue weighted by atomic mass is 32.1. The molecule has 1 aromatic carbocycles. The Kier molecular flexibility index (Phi) is 14.5. The molecule has 6 rings (SSSR count). The normalized spacial score (nSPS) is 17.3. The summed E-state index contributed by atoms with van der Waals surface area (Å²) in [6.07, 6.45) is 10.4. The molecule has 5 aromatic rings. The summed E-state index contributed by atoms with van der Waals surface area (Å²) in [7, 11) is 0. The third-order valence-electron chi connectivity index (χ3n) is 9.87. The van der Waals surface area contributed by atoms with Crippen LogP contribution in [0.5, 0.6) is 0 Å². The first-order valence-electron chi connectivity index (χ1n) is 18.7. The van der Waals surface area contributed by atoms with Crippen LogP contribution in [0.4, 0.5) is 0 Å². The van der Waals surface area contributed by atoms with Crippen molar-refractivity contribution in [1.82, 2.24) is 39.5 Å². The summed E-state index contributed by atoms with van der Waals surface area (Å²) in [5, 5.41) is 0. The van der Waals surface area contributed by atoms with Gasteiger partial charge in [0.05, 0.1) is 22.8 Å². The molecular weight excluding hydrogens is 661 g/mol. The maximum Gasteiger partial charge on any atom is 0.0544 e. The predicted octanol–water partition coefficient (Wildman–Crippen LogP) is 6.52. The van der Waals surface area contributed by atoms with Gasteiger partial charge < -0.3 is 0 Å². The second-order valence-corrected chi connectivity index (χ2v) is 14.4. The smallest absolute Gasteiger partial charge is 0.0544 e. The lowest BCUT2D eigenvalue weighted by Gasteiger charge is -2.39. The minimum atomic E-state index is 0.244. The van der Waals surface area contributed by atoms with E-state index in [1.165, 1.54) is 11.1 Å². The Morgan fingerprint density at radius 2 is 0.962 bits per heavy atom. The Balaban J connectivity index is 1.32. The number of nitrogens with zero attached hydrogens (tertiary/aromatic N) is 8. The van der Waals surface area contributed by atoms with Crippen LogP contribution in [0.2, 0.25) is 0 Å². The standard InChI is InChI=1S/C43H52N8S/c1-2-43(52)30-37-17-15-36(16-18-37)29-42-35-50(33-40-13-5-9-21-46-40)26-25-48(31-38-11-3-7-19-44-38)23-24-49(32-39-12-4-8-20-45-39)27-28-51(42)34-41-14-6-10-22-47-41/h3-22,42H,2,23-35H2,1H3. The molecule has 0 saturated carbocycles. The zero-order valence-electron chi connectivity index (χ0n) is 30.5. The predicted molar refractivity (Wildman–Crippen MR) is 214 cm³/mol. The minimum Gasteiger partial charge on any atom is -0.295 e. The Hall–Kier alpha value is -4.25. The van der Waals surface area contributed by atoms with E-state index in [1.807, 2.05) is 49.1 Å². The SMILES string of the molecule is CCC(=S)Cc1ccc(CC2CN(Cc3ccccn3)CCN(Cc3ccccn3)CCN(Cc3ccccn3)CCN2Cc2ccccn2)cc1. The molecule has 0 bridgehead atoms. The topological polar surface area (TPSA) is 64.5 Å². The molecule has 0 radical (unpaired) electrons. The molecule has 1 aliphatic rings. The number of benzene rings is 1. The van der Waals surface area contributed by atoms with Crippen molar-refractivity contribution in [3.63, 3.8) is 0 Å². The molecule has 1 fully saturated rings. The molecule has 1 unspecified atom stereocenters. The first kappa shape index (κ1) is 37.5. The van der Waals surface area contributed by atoms with E-state index in [0.29, 0.717) is 0 Å². The van der Waals surface area contributed by atoms with Gasteiger partial charge >= 0.3 is 0 Å². The summed E-state index contributed by atoms with van der Waals surface area (Å²) < 4.78 is 0. The van der Waals surface area contributed by atoms with E-state index < -0.39 is 0 Å². The van der Waals surface area contributed by atoms with Crippen LogP contribution in [0.3, 0.4) is 0 Å². The van der Waals surface area contributed by atoms with Gasteiger partial charge in [-0.2, -0.15) is 0 Å². The number of hydrogen-bond donors (Lipinski definition) is 0. The van der Waals surface area contributed by atoms with E-state index in [1.54, 1.807) is 0 Å². The number of rotatable bonds is 13. The molecule has 1 atom stereocenters. The van der Waals surface area contributed by atoms with Crippen molar-refractivity contribution in [3.8, 4) is 0 Å². The molecule has 1 saturated heterocycles. The first-order valence-corrected chi connectivity index (χ1v) is 19.1. The van der Waals surface area contributed by atoms with Crippen molar-refractivity contribution in [2.24, 2.45) is 0 Å². The fraction of sp³-hybridized carbons (Fsp3) is 0.372. The molecule has 270 valence electrons. The highest BCUT2D eigenvalue weighted by molar-refractivity contribution is 7.80. The van der Waals surface area contributed by atoms with Gasteiger partial charge in [0, 0.05) is 109 Å². The molecule has 1 aliphatic heterocycles. The van der Waals surface area contributed by atoms with Gasteiger partial charge in [0.2, 0.25) is 0 Å². The van der Waals surface area contributed by atoms with Crippen LogP contribution in [0.1, 0.15) is 47.2 Å². The van der Waals surface area contributed by atoms with Crippen LogP contribution in [-0.2, 0) is 39.0 Å². The average Bonchev–Trinajstić information content (AvgIpc) is 3.18. The Morgan fingerprint density at radius 3 is 1.42 bits per heavy atom. The number of thiocarbonyl (C=S) groups is 1. The van der Waals surface area contributed by atoms with E-state index in [0.717, 1.165) is 119 Å². The van der Waals surface area contributed by atoms with Crippen LogP contribution in [-0.4, -0.2) is 96.3 Å². The van der Waals surface area contributed by atoms with Crippen LogP contribution < -0.4 is 0 Å². The van der Waals surface area contributed by atoms with E-state index in [9.17, 15) is 0 Å².